The summed E-state index contributed by atoms with van der Waals surface area (Å²) in [5.74, 6) is 0. The van der Waals surface area contributed by atoms with Gasteiger partial charge in [-0.3, -0.25) is 0 Å². The summed E-state index contributed by atoms with van der Waals surface area (Å²) < 4.78 is 5.16. The number of benzene rings is 3. The summed E-state index contributed by atoms with van der Waals surface area (Å²) >= 11 is 0. The molecule has 3 rings (SSSR count). The molecule has 0 spiro atoms. The van der Waals surface area contributed by atoms with Gasteiger partial charge in [0, 0.05) is 7.11 Å². The number of rotatable bonds is 7. The molecule has 0 bridgehead atoms. The van der Waals surface area contributed by atoms with E-state index in [1.807, 2.05) is 6.08 Å². The first kappa shape index (κ1) is 17.2. The van der Waals surface area contributed by atoms with Crippen molar-refractivity contribution in [2.75, 3.05) is 7.11 Å². The maximum atomic E-state index is 5.16. The average molecular weight is 328 g/mol. The van der Waals surface area contributed by atoms with E-state index in [0.717, 1.165) is 12.8 Å². The molecular weight excluding hydrogens is 304 g/mol. The summed E-state index contributed by atoms with van der Waals surface area (Å²) in [6, 6.07) is 26.1. The maximum absolute atomic E-state index is 5.16. The van der Waals surface area contributed by atoms with E-state index >= 15 is 0 Å². The lowest BCUT2D eigenvalue weighted by Gasteiger charge is -2.07. The van der Waals surface area contributed by atoms with Crippen LogP contribution in [0.15, 0.2) is 79.4 Å². The van der Waals surface area contributed by atoms with Crippen LogP contribution >= 0.6 is 0 Å². The van der Waals surface area contributed by atoms with Crippen molar-refractivity contribution in [2.24, 2.45) is 0 Å². The molecule has 0 radical (unpaired) electrons. The normalized spacial score (nSPS) is 10.6. The highest BCUT2D eigenvalue weighted by Gasteiger charge is 2.00. The van der Waals surface area contributed by atoms with Crippen molar-refractivity contribution in [3.05, 3.63) is 102 Å². The molecule has 0 amide bonds. The maximum Gasteiger partial charge on any atom is 0.0713 e. The van der Waals surface area contributed by atoms with Gasteiger partial charge in [0.2, 0.25) is 0 Å². The van der Waals surface area contributed by atoms with Crippen LogP contribution in [0.2, 0.25) is 0 Å². The topological polar surface area (TPSA) is 9.23 Å². The standard InChI is InChI=1S/C24H24O/c1-3-19-4-6-20(7-5-19)8-9-21-10-14-23(15-11-21)24-16-12-22(13-17-24)18-25-2/h3-7,10-17H,1,8-9,18H2,2H3. The lowest BCUT2D eigenvalue weighted by Crippen LogP contribution is -1.92. The molecule has 0 atom stereocenters. The van der Waals surface area contributed by atoms with Gasteiger partial charge in [-0.25, -0.2) is 0 Å². The molecular formula is C24H24O. The molecule has 0 fully saturated rings. The summed E-state index contributed by atoms with van der Waals surface area (Å²) in [6.45, 7) is 4.45. The van der Waals surface area contributed by atoms with E-state index in [4.69, 9.17) is 4.74 Å². The minimum Gasteiger partial charge on any atom is -0.380 e. The lowest BCUT2D eigenvalue weighted by molar-refractivity contribution is 0.185. The van der Waals surface area contributed by atoms with Crippen LogP contribution in [0.5, 0.6) is 0 Å². The molecule has 0 aliphatic carbocycles. The Bertz CT molecular complexity index is 796. The van der Waals surface area contributed by atoms with E-state index < -0.39 is 0 Å². The molecule has 0 saturated heterocycles. The van der Waals surface area contributed by atoms with E-state index in [1.165, 1.54) is 33.4 Å². The van der Waals surface area contributed by atoms with Gasteiger partial charge in [0.1, 0.15) is 0 Å². The molecule has 1 heteroatoms. The monoisotopic (exact) mass is 328 g/mol. The van der Waals surface area contributed by atoms with Gasteiger partial charge in [-0.05, 0) is 46.2 Å². The molecule has 0 N–H and O–H groups in total. The summed E-state index contributed by atoms with van der Waals surface area (Å²) in [6.07, 6.45) is 3.99. The van der Waals surface area contributed by atoms with Crippen molar-refractivity contribution in [1.29, 1.82) is 0 Å². The molecule has 3 aromatic carbocycles. The van der Waals surface area contributed by atoms with E-state index in [0.29, 0.717) is 6.61 Å². The Hall–Kier alpha value is -2.64. The Morgan fingerprint density at radius 3 is 1.56 bits per heavy atom. The predicted molar refractivity (Wildman–Crippen MR) is 107 cm³/mol. The molecule has 0 aliphatic heterocycles. The average Bonchev–Trinajstić information content (AvgIpc) is 2.68. The van der Waals surface area contributed by atoms with Crippen molar-refractivity contribution >= 4 is 6.08 Å². The van der Waals surface area contributed by atoms with Gasteiger partial charge < -0.3 is 4.74 Å². The van der Waals surface area contributed by atoms with Gasteiger partial charge in [-0.15, -0.1) is 0 Å². The van der Waals surface area contributed by atoms with Crippen LogP contribution in [-0.4, -0.2) is 7.11 Å². The van der Waals surface area contributed by atoms with Crippen LogP contribution in [0.1, 0.15) is 22.3 Å². The third-order valence-corrected chi connectivity index (χ3v) is 4.47. The van der Waals surface area contributed by atoms with Crippen LogP contribution in [0.4, 0.5) is 0 Å². The van der Waals surface area contributed by atoms with E-state index in [2.05, 4.69) is 79.4 Å². The number of hydrogen-bond donors (Lipinski definition) is 0. The van der Waals surface area contributed by atoms with Crippen molar-refractivity contribution in [1.82, 2.24) is 0 Å². The van der Waals surface area contributed by atoms with Crippen molar-refractivity contribution in [3.63, 3.8) is 0 Å². The second-order valence-corrected chi connectivity index (χ2v) is 6.27. The fraction of sp³-hybridized carbons (Fsp3) is 0.167. The first-order valence-corrected chi connectivity index (χ1v) is 8.67. The summed E-state index contributed by atoms with van der Waals surface area (Å²) in [5, 5.41) is 0. The van der Waals surface area contributed by atoms with Crippen LogP contribution in [0.3, 0.4) is 0 Å². The third-order valence-electron chi connectivity index (χ3n) is 4.47. The molecule has 0 saturated carbocycles. The predicted octanol–water partition coefficient (Wildman–Crippen LogP) is 5.93. The summed E-state index contributed by atoms with van der Waals surface area (Å²) in [4.78, 5) is 0. The largest absolute Gasteiger partial charge is 0.380 e. The van der Waals surface area contributed by atoms with E-state index in [9.17, 15) is 0 Å². The smallest absolute Gasteiger partial charge is 0.0713 e. The molecule has 0 aromatic heterocycles. The zero-order chi connectivity index (χ0) is 17.5. The Morgan fingerprint density at radius 1 is 0.680 bits per heavy atom. The highest BCUT2D eigenvalue weighted by atomic mass is 16.5. The molecule has 3 aromatic rings. The minimum absolute atomic E-state index is 0.660. The molecule has 1 nitrogen and oxygen atoms in total. The zero-order valence-electron chi connectivity index (χ0n) is 14.7. The van der Waals surface area contributed by atoms with Gasteiger partial charge in [-0.2, -0.15) is 0 Å². The Balaban J connectivity index is 1.62. The third kappa shape index (κ3) is 4.68. The number of methoxy groups -OCH3 is 1. The van der Waals surface area contributed by atoms with E-state index in [-0.39, 0.29) is 0 Å². The fourth-order valence-corrected chi connectivity index (χ4v) is 2.93. The Morgan fingerprint density at radius 2 is 1.12 bits per heavy atom. The van der Waals surface area contributed by atoms with E-state index in [1.54, 1.807) is 7.11 Å². The van der Waals surface area contributed by atoms with Gasteiger partial charge in [-0.1, -0.05) is 85.5 Å². The van der Waals surface area contributed by atoms with Crippen molar-refractivity contribution in [3.8, 4) is 11.1 Å². The van der Waals surface area contributed by atoms with Crippen LogP contribution in [0, 0.1) is 0 Å². The lowest BCUT2D eigenvalue weighted by atomic mass is 9.99. The molecule has 25 heavy (non-hydrogen) atoms. The highest BCUT2D eigenvalue weighted by Crippen LogP contribution is 2.21. The second-order valence-electron chi connectivity index (χ2n) is 6.27. The zero-order valence-corrected chi connectivity index (χ0v) is 14.7. The van der Waals surface area contributed by atoms with Gasteiger partial charge in [0.05, 0.1) is 6.61 Å². The summed E-state index contributed by atoms with van der Waals surface area (Å²) in [5.41, 5.74) is 7.60. The second kappa shape index (κ2) is 8.46. The van der Waals surface area contributed by atoms with Gasteiger partial charge >= 0.3 is 0 Å². The van der Waals surface area contributed by atoms with Gasteiger partial charge in [0.25, 0.3) is 0 Å². The molecule has 0 heterocycles. The number of hydrogen-bond acceptors (Lipinski definition) is 1. The first-order chi connectivity index (χ1) is 12.3. The van der Waals surface area contributed by atoms with Gasteiger partial charge in [0.15, 0.2) is 0 Å². The highest BCUT2D eigenvalue weighted by molar-refractivity contribution is 5.64. The Labute approximate surface area is 150 Å². The molecule has 126 valence electrons. The van der Waals surface area contributed by atoms with Crippen LogP contribution in [-0.2, 0) is 24.2 Å². The van der Waals surface area contributed by atoms with Crippen LogP contribution < -0.4 is 0 Å². The SMILES string of the molecule is C=Cc1ccc(CCc2ccc(-c3ccc(COC)cc3)cc2)cc1. The summed E-state index contributed by atoms with van der Waals surface area (Å²) in [7, 11) is 1.72. The Kier molecular flexibility index (Phi) is 5.81. The van der Waals surface area contributed by atoms with Crippen molar-refractivity contribution < 1.29 is 4.74 Å². The quantitative estimate of drug-likeness (QED) is 0.522. The fourth-order valence-electron chi connectivity index (χ4n) is 2.93. The van der Waals surface area contributed by atoms with Crippen molar-refractivity contribution in [2.45, 2.75) is 19.4 Å². The van der Waals surface area contributed by atoms with Crippen LogP contribution in [0.25, 0.3) is 17.2 Å². The molecule has 0 unspecified atom stereocenters. The first-order valence-electron chi connectivity index (χ1n) is 8.67. The minimum atomic E-state index is 0.660. The number of ether oxygens (including phenoxy) is 1. The number of aryl methyl sites for hydroxylation is 2. The molecule has 0 aliphatic rings.